The van der Waals surface area contributed by atoms with Crippen LogP contribution in [-0.4, -0.2) is 11.5 Å². The second kappa shape index (κ2) is 7.74. The van der Waals surface area contributed by atoms with Crippen molar-refractivity contribution in [3.8, 4) is 11.6 Å². The van der Waals surface area contributed by atoms with Gasteiger partial charge >= 0.3 is 0 Å². The minimum atomic E-state index is -0.275. The lowest BCUT2D eigenvalue weighted by Crippen LogP contribution is -2.12. The highest BCUT2D eigenvalue weighted by atomic mass is 19.1. The molecule has 3 nitrogen and oxygen atoms in total. The Balaban J connectivity index is 2.19. The molecular formula is C17H21FN2O. The minimum absolute atomic E-state index is 0.275. The van der Waals surface area contributed by atoms with Crippen LogP contribution in [-0.2, 0) is 13.0 Å². The molecule has 21 heavy (non-hydrogen) atoms. The van der Waals surface area contributed by atoms with Crippen molar-refractivity contribution in [1.82, 2.24) is 10.3 Å². The largest absolute Gasteiger partial charge is 0.439 e. The average molecular weight is 288 g/mol. The van der Waals surface area contributed by atoms with E-state index in [1.165, 1.54) is 12.1 Å². The van der Waals surface area contributed by atoms with E-state index in [-0.39, 0.29) is 5.82 Å². The highest BCUT2D eigenvalue weighted by molar-refractivity contribution is 5.31. The van der Waals surface area contributed by atoms with E-state index >= 15 is 0 Å². The number of benzene rings is 1. The maximum atomic E-state index is 12.9. The second-order valence-electron chi connectivity index (χ2n) is 4.89. The molecule has 2 aromatic rings. The molecule has 1 heterocycles. The fourth-order valence-electron chi connectivity index (χ4n) is 2.05. The summed E-state index contributed by atoms with van der Waals surface area (Å²) in [5.74, 6) is 0.871. The number of hydrogen-bond donors (Lipinski definition) is 1. The standard InChI is InChI=1S/C17H21FN2O/c1-3-5-15-10-13(12-19-4-2)11-17(20-15)21-16-8-6-14(18)7-9-16/h6-11,19H,3-5,12H2,1-2H3. The molecule has 0 bridgehead atoms. The SMILES string of the molecule is CCCc1cc(CNCC)cc(Oc2ccc(F)cc2)n1. The molecule has 1 N–H and O–H groups in total. The number of halogens is 1. The summed E-state index contributed by atoms with van der Waals surface area (Å²) in [7, 11) is 0. The van der Waals surface area contributed by atoms with Crippen LogP contribution >= 0.6 is 0 Å². The highest BCUT2D eigenvalue weighted by Gasteiger charge is 2.05. The summed E-state index contributed by atoms with van der Waals surface area (Å²) in [6.07, 6.45) is 1.95. The van der Waals surface area contributed by atoms with Gasteiger partial charge in [-0.3, -0.25) is 0 Å². The first-order valence-corrected chi connectivity index (χ1v) is 7.35. The lowest BCUT2D eigenvalue weighted by molar-refractivity contribution is 0.457. The molecule has 0 amide bonds. The van der Waals surface area contributed by atoms with E-state index in [1.54, 1.807) is 12.1 Å². The third-order valence-electron chi connectivity index (χ3n) is 3.04. The first-order valence-electron chi connectivity index (χ1n) is 7.35. The van der Waals surface area contributed by atoms with Crippen LogP contribution in [0.3, 0.4) is 0 Å². The lowest BCUT2D eigenvalue weighted by atomic mass is 10.1. The summed E-state index contributed by atoms with van der Waals surface area (Å²) in [6, 6.07) is 9.99. The zero-order valence-electron chi connectivity index (χ0n) is 12.5. The first-order chi connectivity index (χ1) is 10.2. The molecule has 0 fully saturated rings. The van der Waals surface area contributed by atoms with E-state index in [0.717, 1.165) is 37.2 Å². The van der Waals surface area contributed by atoms with Gasteiger partial charge in [-0.05, 0) is 48.9 Å². The Bertz CT molecular complexity index is 570. The van der Waals surface area contributed by atoms with Crippen LogP contribution in [0.2, 0.25) is 0 Å². The molecule has 4 heteroatoms. The monoisotopic (exact) mass is 288 g/mol. The predicted molar refractivity (Wildman–Crippen MR) is 82.1 cm³/mol. The van der Waals surface area contributed by atoms with Crippen LogP contribution < -0.4 is 10.1 Å². The van der Waals surface area contributed by atoms with Crippen molar-refractivity contribution in [2.75, 3.05) is 6.54 Å². The lowest BCUT2D eigenvalue weighted by Gasteiger charge is -2.10. The van der Waals surface area contributed by atoms with Gasteiger partial charge in [0.2, 0.25) is 5.88 Å². The van der Waals surface area contributed by atoms with Crippen LogP contribution in [0.25, 0.3) is 0 Å². The summed E-state index contributed by atoms with van der Waals surface area (Å²) in [6.45, 7) is 5.90. The van der Waals surface area contributed by atoms with Crippen LogP contribution in [0.1, 0.15) is 31.5 Å². The topological polar surface area (TPSA) is 34.1 Å². The summed E-state index contributed by atoms with van der Waals surface area (Å²) < 4.78 is 18.6. The molecule has 0 atom stereocenters. The molecule has 0 aliphatic rings. The summed E-state index contributed by atoms with van der Waals surface area (Å²) in [5, 5.41) is 3.30. The van der Waals surface area contributed by atoms with Crippen molar-refractivity contribution in [2.24, 2.45) is 0 Å². The van der Waals surface area contributed by atoms with E-state index in [2.05, 4.69) is 30.2 Å². The van der Waals surface area contributed by atoms with Crippen molar-refractivity contribution in [3.63, 3.8) is 0 Å². The normalized spacial score (nSPS) is 10.6. The number of pyridine rings is 1. The molecule has 2 rings (SSSR count). The number of hydrogen-bond acceptors (Lipinski definition) is 3. The molecule has 112 valence electrons. The zero-order valence-corrected chi connectivity index (χ0v) is 12.5. The maximum absolute atomic E-state index is 12.9. The smallest absolute Gasteiger partial charge is 0.219 e. The van der Waals surface area contributed by atoms with Crippen molar-refractivity contribution in [1.29, 1.82) is 0 Å². The minimum Gasteiger partial charge on any atom is -0.439 e. The number of ether oxygens (including phenoxy) is 1. The molecule has 0 aliphatic heterocycles. The highest BCUT2D eigenvalue weighted by Crippen LogP contribution is 2.22. The molecule has 0 saturated carbocycles. The van der Waals surface area contributed by atoms with Crippen molar-refractivity contribution in [2.45, 2.75) is 33.2 Å². The Morgan fingerprint density at radius 3 is 2.57 bits per heavy atom. The van der Waals surface area contributed by atoms with Gasteiger partial charge in [-0.15, -0.1) is 0 Å². The van der Waals surface area contributed by atoms with Gasteiger partial charge < -0.3 is 10.1 Å². The predicted octanol–water partition coefficient (Wildman–Crippen LogP) is 4.08. The molecule has 0 radical (unpaired) electrons. The van der Waals surface area contributed by atoms with Gasteiger partial charge in [0.05, 0.1) is 0 Å². The molecule has 0 unspecified atom stereocenters. The molecular weight excluding hydrogens is 267 g/mol. The van der Waals surface area contributed by atoms with Crippen LogP contribution in [0.5, 0.6) is 11.6 Å². The van der Waals surface area contributed by atoms with Crippen molar-refractivity contribution < 1.29 is 9.13 Å². The van der Waals surface area contributed by atoms with Gasteiger partial charge in [0, 0.05) is 18.3 Å². The third-order valence-corrected chi connectivity index (χ3v) is 3.04. The number of nitrogens with zero attached hydrogens (tertiary/aromatic N) is 1. The van der Waals surface area contributed by atoms with Gasteiger partial charge in [-0.25, -0.2) is 9.37 Å². The molecule has 0 spiro atoms. The summed E-state index contributed by atoms with van der Waals surface area (Å²) >= 11 is 0. The number of aromatic nitrogens is 1. The molecule has 1 aromatic heterocycles. The van der Waals surface area contributed by atoms with Gasteiger partial charge in [-0.1, -0.05) is 20.3 Å². The van der Waals surface area contributed by atoms with E-state index in [0.29, 0.717) is 11.6 Å². The Morgan fingerprint density at radius 2 is 1.90 bits per heavy atom. The van der Waals surface area contributed by atoms with Crippen LogP contribution in [0, 0.1) is 5.82 Å². The second-order valence-corrected chi connectivity index (χ2v) is 4.89. The van der Waals surface area contributed by atoms with E-state index in [4.69, 9.17) is 4.74 Å². The third kappa shape index (κ3) is 4.83. The fraction of sp³-hybridized carbons (Fsp3) is 0.353. The Hall–Kier alpha value is -1.94. The van der Waals surface area contributed by atoms with Gasteiger partial charge in [0.25, 0.3) is 0 Å². The molecule has 0 saturated heterocycles. The molecule has 1 aromatic carbocycles. The molecule has 0 aliphatic carbocycles. The first kappa shape index (κ1) is 15.4. The van der Waals surface area contributed by atoms with Gasteiger partial charge in [0.15, 0.2) is 0 Å². The quantitative estimate of drug-likeness (QED) is 0.833. The summed E-state index contributed by atoms with van der Waals surface area (Å²) in [5.41, 5.74) is 2.16. The van der Waals surface area contributed by atoms with E-state index in [1.807, 2.05) is 6.07 Å². The Labute approximate surface area is 125 Å². The van der Waals surface area contributed by atoms with E-state index < -0.39 is 0 Å². The summed E-state index contributed by atoms with van der Waals surface area (Å²) in [4.78, 5) is 4.51. The zero-order chi connectivity index (χ0) is 15.1. The average Bonchev–Trinajstić information content (AvgIpc) is 2.48. The van der Waals surface area contributed by atoms with Crippen molar-refractivity contribution in [3.05, 3.63) is 53.5 Å². The van der Waals surface area contributed by atoms with Gasteiger partial charge in [-0.2, -0.15) is 0 Å². The van der Waals surface area contributed by atoms with Gasteiger partial charge in [0.1, 0.15) is 11.6 Å². The van der Waals surface area contributed by atoms with Crippen LogP contribution in [0.4, 0.5) is 4.39 Å². The number of aryl methyl sites for hydroxylation is 1. The maximum Gasteiger partial charge on any atom is 0.219 e. The van der Waals surface area contributed by atoms with E-state index in [9.17, 15) is 4.39 Å². The Kier molecular flexibility index (Phi) is 5.69. The fourth-order valence-corrected chi connectivity index (χ4v) is 2.05. The van der Waals surface area contributed by atoms with Crippen molar-refractivity contribution >= 4 is 0 Å². The number of rotatable bonds is 7. The van der Waals surface area contributed by atoms with Crippen LogP contribution in [0.15, 0.2) is 36.4 Å². The Morgan fingerprint density at radius 1 is 1.14 bits per heavy atom. The number of nitrogens with one attached hydrogen (secondary N) is 1.